The van der Waals surface area contributed by atoms with E-state index in [1.54, 1.807) is 12.1 Å². The number of esters is 1. The first-order valence-corrected chi connectivity index (χ1v) is 13.7. The number of primary sulfonamides is 1. The Morgan fingerprint density at radius 2 is 1.86 bits per heavy atom. The van der Waals surface area contributed by atoms with E-state index in [4.69, 9.17) is 9.88 Å². The second-order valence-corrected chi connectivity index (χ2v) is 10.8. The van der Waals surface area contributed by atoms with Gasteiger partial charge < -0.3 is 15.4 Å². The lowest BCUT2D eigenvalue weighted by Crippen LogP contribution is -2.61. The van der Waals surface area contributed by atoms with Crippen LogP contribution in [0.25, 0.3) is 0 Å². The number of amides is 4. The normalized spacial score (nSPS) is 21.9. The number of methoxy groups -OCH3 is 1. The van der Waals surface area contributed by atoms with Gasteiger partial charge in [0.15, 0.2) is 0 Å². The highest BCUT2D eigenvalue weighted by Gasteiger charge is 2.45. The molecule has 4 amide bonds. The Morgan fingerprint density at radius 1 is 1.14 bits per heavy atom. The van der Waals surface area contributed by atoms with Crippen molar-refractivity contribution in [2.24, 2.45) is 17.0 Å². The van der Waals surface area contributed by atoms with Crippen LogP contribution in [0.15, 0.2) is 29.2 Å². The van der Waals surface area contributed by atoms with E-state index >= 15 is 0 Å². The number of fused-ring (bicyclic) bond motifs is 1. The van der Waals surface area contributed by atoms with E-state index in [0.717, 1.165) is 5.56 Å². The largest absolute Gasteiger partial charge is 0.469 e. The molecule has 0 radical (unpaired) electrons. The van der Waals surface area contributed by atoms with Gasteiger partial charge in [0.05, 0.1) is 23.8 Å². The fraction of sp³-hybridized carbons (Fsp3) is 0.583. The molecular weight excluding hydrogens is 488 g/mol. The average Bonchev–Trinajstić information content (AvgIpc) is 2.84. The number of nitrogens with zero attached hydrogens (tertiary/aromatic N) is 1. The molecule has 12 heteroatoms. The number of urea groups is 1. The van der Waals surface area contributed by atoms with Crippen LogP contribution in [-0.2, 0) is 35.6 Å². The first-order valence-electron chi connectivity index (χ1n) is 12.2. The summed E-state index contributed by atoms with van der Waals surface area (Å²) in [4.78, 5) is 50.5. The van der Waals surface area contributed by atoms with Crippen molar-refractivity contribution in [3.63, 3.8) is 0 Å². The number of imide groups is 1. The van der Waals surface area contributed by atoms with Crippen molar-refractivity contribution in [3.05, 3.63) is 29.8 Å². The average molecular weight is 523 g/mol. The van der Waals surface area contributed by atoms with E-state index in [9.17, 15) is 27.6 Å². The van der Waals surface area contributed by atoms with Crippen molar-refractivity contribution < 1.29 is 32.3 Å². The molecule has 1 aliphatic heterocycles. The number of unbranched alkanes of at least 4 members (excludes halogenated alkanes) is 2. The molecule has 198 valence electrons. The summed E-state index contributed by atoms with van der Waals surface area (Å²) in [6, 6.07) is 5.44. The molecule has 2 aliphatic rings. The Labute approximate surface area is 211 Å². The number of benzene rings is 1. The number of nitrogens with two attached hydrogens (primary N) is 1. The smallest absolute Gasteiger partial charge is 0.324 e. The van der Waals surface area contributed by atoms with Gasteiger partial charge in [-0.3, -0.25) is 19.3 Å². The minimum Gasteiger partial charge on any atom is -0.469 e. The second-order valence-electron chi connectivity index (χ2n) is 9.29. The van der Waals surface area contributed by atoms with Crippen LogP contribution in [0, 0.1) is 11.8 Å². The molecule has 3 rings (SSSR count). The zero-order valence-electron chi connectivity index (χ0n) is 20.4. The zero-order chi connectivity index (χ0) is 26.3. The molecule has 11 nitrogen and oxygen atoms in total. The van der Waals surface area contributed by atoms with E-state index in [1.807, 2.05) is 0 Å². The summed E-state index contributed by atoms with van der Waals surface area (Å²) >= 11 is 0. The summed E-state index contributed by atoms with van der Waals surface area (Å²) in [6.45, 7) is 0.722. The van der Waals surface area contributed by atoms with Gasteiger partial charge in [-0.1, -0.05) is 18.6 Å². The standard InChI is InChI=1S/C24H34N4O7S/c1-35-23(31)17-8-11-19-20(15-17)27-24(32)28(22(19)30)14-4-2-3-5-21(29)26-13-12-16-6-9-18(10-7-16)36(25,33)34/h6-7,9-10,17,19-20H,2-5,8,11-15H2,1H3,(H,26,29)(H,27,32)(H2,25,33,34). The molecule has 36 heavy (non-hydrogen) atoms. The van der Waals surface area contributed by atoms with Crippen LogP contribution >= 0.6 is 0 Å². The Bertz CT molecular complexity index is 1070. The molecule has 1 saturated carbocycles. The number of carbonyl (C=O) groups is 4. The maximum atomic E-state index is 12.8. The Kier molecular flexibility index (Phi) is 9.43. The van der Waals surface area contributed by atoms with Crippen molar-refractivity contribution in [2.75, 3.05) is 20.2 Å². The van der Waals surface area contributed by atoms with E-state index in [2.05, 4.69) is 10.6 Å². The first kappa shape index (κ1) is 27.6. The number of ether oxygens (including phenoxy) is 1. The Hall–Kier alpha value is -2.99. The van der Waals surface area contributed by atoms with Gasteiger partial charge in [0.1, 0.15) is 0 Å². The molecule has 1 aromatic carbocycles. The van der Waals surface area contributed by atoms with Crippen molar-refractivity contribution in [3.8, 4) is 0 Å². The maximum Gasteiger partial charge on any atom is 0.324 e. The molecule has 1 aliphatic carbocycles. The van der Waals surface area contributed by atoms with Gasteiger partial charge in [0.25, 0.3) is 0 Å². The summed E-state index contributed by atoms with van der Waals surface area (Å²) in [5.74, 6) is -1.20. The molecule has 0 bridgehead atoms. The van der Waals surface area contributed by atoms with Crippen LogP contribution in [0.5, 0.6) is 0 Å². The molecule has 2 fully saturated rings. The predicted molar refractivity (Wildman–Crippen MR) is 130 cm³/mol. The number of hydrogen-bond acceptors (Lipinski definition) is 7. The van der Waals surface area contributed by atoms with Gasteiger partial charge in [-0.15, -0.1) is 0 Å². The van der Waals surface area contributed by atoms with E-state index < -0.39 is 16.1 Å². The third-order valence-electron chi connectivity index (χ3n) is 6.80. The van der Waals surface area contributed by atoms with Gasteiger partial charge in [-0.05, 0) is 56.2 Å². The molecule has 1 saturated heterocycles. The number of nitrogens with one attached hydrogen (secondary N) is 2. The fourth-order valence-corrected chi connectivity index (χ4v) is 5.28. The highest BCUT2D eigenvalue weighted by Crippen LogP contribution is 2.33. The lowest BCUT2D eigenvalue weighted by atomic mass is 9.76. The Balaban J connectivity index is 1.31. The van der Waals surface area contributed by atoms with Crippen molar-refractivity contribution in [1.82, 2.24) is 15.5 Å². The van der Waals surface area contributed by atoms with Gasteiger partial charge >= 0.3 is 12.0 Å². The summed E-state index contributed by atoms with van der Waals surface area (Å²) < 4.78 is 27.4. The first-order chi connectivity index (χ1) is 17.1. The quantitative estimate of drug-likeness (QED) is 0.289. The number of carbonyl (C=O) groups excluding carboxylic acids is 4. The maximum absolute atomic E-state index is 12.8. The summed E-state index contributed by atoms with van der Waals surface area (Å²) in [6.07, 6.45) is 4.35. The fourth-order valence-electron chi connectivity index (χ4n) is 4.77. The van der Waals surface area contributed by atoms with Gasteiger partial charge in [0.2, 0.25) is 21.8 Å². The van der Waals surface area contributed by atoms with Crippen molar-refractivity contribution in [2.45, 2.75) is 62.3 Å². The number of hydrogen-bond donors (Lipinski definition) is 3. The van der Waals surface area contributed by atoms with Crippen LogP contribution in [0.1, 0.15) is 50.5 Å². The number of sulfonamides is 1. The minimum atomic E-state index is -3.72. The molecule has 3 unspecified atom stereocenters. The van der Waals surface area contributed by atoms with Crippen molar-refractivity contribution >= 4 is 33.8 Å². The zero-order valence-corrected chi connectivity index (χ0v) is 21.2. The second kappa shape index (κ2) is 12.3. The van der Waals surface area contributed by atoms with Crippen LogP contribution in [0.3, 0.4) is 0 Å². The molecule has 1 heterocycles. The molecule has 0 spiro atoms. The SMILES string of the molecule is COC(=O)C1CCC2C(=O)N(CCCCCC(=O)NCCc3ccc(S(N)(=O)=O)cc3)C(=O)NC2C1. The third kappa shape index (κ3) is 7.26. The molecule has 3 atom stereocenters. The van der Waals surface area contributed by atoms with Gasteiger partial charge in [0, 0.05) is 25.6 Å². The lowest BCUT2D eigenvalue weighted by molar-refractivity contribution is -0.149. The van der Waals surface area contributed by atoms with Crippen LogP contribution in [0.2, 0.25) is 0 Å². The van der Waals surface area contributed by atoms with Crippen molar-refractivity contribution in [1.29, 1.82) is 0 Å². The molecular formula is C24H34N4O7S. The predicted octanol–water partition coefficient (Wildman–Crippen LogP) is 1.06. The number of rotatable bonds is 11. The lowest BCUT2D eigenvalue weighted by Gasteiger charge is -2.41. The van der Waals surface area contributed by atoms with E-state index in [1.165, 1.54) is 24.1 Å². The monoisotopic (exact) mass is 522 g/mol. The summed E-state index contributed by atoms with van der Waals surface area (Å²) in [5, 5.41) is 10.8. The Morgan fingerprint density at radius 3 is 2.53 bits per heavy atom. The third-order valence-corrected chi connectivity index (χ3v) is 7.72. The summed E-state index contributed by atoms with van der Waals surface area (Å²) in [7, 11) is -2.38. The van der Waals surface area contributed by atoms with Crippen LogP contribution in [0.4, 0.5) is 4.79 Å². The molecule has 0 aromatic heterocycles. The minimum absolute atomic E-state index is 0.0461. The topological polar surface area (TPSA) is 165 Å². The van der Waals surface area contributed by atoms with Gasteiger partial charge in [-0.2, -0.15) is 0 Å². The highest BCUT2D eigenvalue weighted by atomic mass is 32.2. The highest BCUT2D eigenvalue weighted by molar-refractivity contribution is 7.89. The van der Waals surface area contributed by atoms with Gasteiger partial charge in [-0.25, -0.2) is 18.4 Å². The van der Waals surface area contributed by atoms with Crippen LogP contribution in [-0.4, -0.2) is 63.4 Å². The van der Waals surface area contributed by atoms with E-state index in [0.29, 0.717) is 64.5 Å². The molecule has 1 aromatic rings. The van der Waals surface area contributed by atoms with E-state index in [-0.39, 0.29) is 40.6 Å². The molecule has 4 N–H and O–H groups in total. The summed E-state index contributed by atoms with van der Waals surface area (Å²) in [5.41, 5.74) is 0.883. The van der Waals surface area contributed by atoms with Crippen LogP contribution < -0.4 is 15.8 Å².